The smallest absolute Gasteiger partial charge is 0.289 e. The molecule has 1 aromatic rings. The van der Waals surface area contributed by atoms with Gasteiger partial charge in [-0.25, -0.2) is 8.42 Å². The summed E-state index contributed by atoms with van der Waals surface area (Å²) in [6.07, 6.45) is 2.41. The maximum Gasteiger partial charge on any atom is 0.289 e. The third kappa shape index (κ3) is 3.45. The molecule has 8 nitrogen and oxygen atoms in total. The second kappa shape index (κ2) is 7.08. The van der Waals surface area contributed by atoms with Crippen LogP contribution in [0.15, 0.2) is 41.3 Å². The summed E-state index contributed by atoms with van der Waals surface area (Å²) in [4.78, 5) is 23.4. The van der Waals surface area contributed by atoms with Crippen molar-refractivity contribution in [1.82, 2.24) is 4.31 Å². The zero-order chi connectivity index (χ0) is 22.7. The van der Waals surface area contributed by atoms with E-state index in [1.807, 2.05) is 33.9 Å². The summed E-state index contributed by atoms with van der Waals surface area (Å²) in [5, 5.41) is 11.3. The number of para-hydroxylation sites is 1. The highest BCUT2D eigenvalue weighted by atomic mass is 32.2. The minimum absolute atomic E-state index is 0.0226. The lowest BCUT2D eigenvalue weighted by Crippen LogP contribution is -2.65. The van der Waals surface area contributed by atoms with Crippen LogP contribution in [0.25, 0.3) is 0 Å². The predicted octanol–water partition coefficient (Wildman–Crippen LogP) is 3.65. The second-order valence-corrected chi connectivity index (χ2v) is 16.1. The molecular formula is C20H28N2O6SSi. The first-order valence-electron chi connectivity index (χ1n) is 9.81. The van der Waals surface area contributed by atoms with E-state index in [9.17, 15) is 23.3 Å². The van der Waals surface area contributed by atoms with Gasteiger partial charge in [-0.05, 0) is 31.1 Å². The lowest BCUT2D eigenvalue weighted by atomic mass is 9.89. The normalized spacial score (nSPS) is 27.5. The highest BCUT2D eigenvalue weighted by Crippen LogP contribution is 2.47. The largest absolute Gasteiger partial charge is 0.405 e. The minimum Gasteiger partial charge on any atom is -0.405 e. The number of carbonyl (C=O) groups is 1. The SMILES string of the molecule is CC12C=CC(CC(=O)C1O[Si](C)(C)C(C)(C)C)N2S(=O)(=O)c1ccccc1[N+](=O)[O-]. The van der Waals surface area contributed by atoms with Crippen molar-refractivity contribution in [2.45, 2.75) is 74.8 Å². The van der Waals surface area contributed by atoms with Crippen LogP contribution in [0.1, 0.15) is 34.1 Å². The van der Waals surface area contributed by atoms with Gasteiger partial charge >= 0.3 is 0 Å². The molecule has 0 aromatic heterocycles. The average molecular weight is 453 g/mol. The first kappa shape index (κ1) is 22.8. The number of fused-ring (bicyclic) bond motifs is 2. The van der Waals surface area contributed by atoms with Crippen molar-refractivity contribution >= 4 is 29.8 Å². The lowest BCUT2D eigenvalue weighted by molar-refractivity contribution is -0.387. The zero-order valence-corrected chi connectivity index (χ0v) is 19.9. The minimum atomic E-state index is -4.27. The van der Waals surface area contributed by atoms with E-state index in [-0.39, 0.29) is 22.1 Å². The van der Waals surface area contributed by atoms with E-state index in [1.165, 1.54) is 28.6 Å². The molecule has 10 heteroatoms. The topological polar surface area (TPSA) is 107 Å². The van der Waals surface area contributed by atoms with Crippen molar-refractivity contribution in [1.29, 1.82) is 0 Å². The van der Waals surface area contributed by atoms with E-state index in [4.69, 9.17) is 4.43 Å². The molecular weight excluding hydrogens is 424 g/mol. The Morgan fingerprint density at radius 1 is 1.27 bits per heavy atom. The molecule has 2 bridgehead atoms. The number of carbonyl (C=O) groups excluding carboxylic acids is 1. The van der Waals surface area contributed by atoms with Gasteiger partial charge in [0.2, 0.25) is 0 Å². The molecule has 1 fully saturated rings. The quantitative estimate of drug-likeness (QED) is 0.292. The van der Waals surface area contributed by atoms with E-state index >= 15 is 0 Å². The van der Waals surface area contributed by atoms with Crippen LogP contribution in [0, 0.1) is 10.1 Å². The van der Waals surface area contributed by atoms with Crippen LogP contribution in [0.4, 0.5) is 5.69 Å². The zero-order valence-electron chi connectivity index (χ0n) is 18.1. The molecule has 30 heavy (non-hydrogen) atoms. The summed E-state index contributed by atoms with van der Waals surface area (Å²) in [5.74, 6) is -0.147. The molecule has 0 spiro atoms. The molecule has 3 rings (SSSR count). The van der Waals surface area contributed by atoms with Gasteiger partial charge in [-0.3, -0.25) is 14.9 Å². The Morgan fingerprint density at radius 2 is 1.87 bits per heavy atom. The first-order chi connectivity index (χ1) is 13.6. The van der Waals surface area contributed by atoms with Crippen LogP contribution in [0.2, 0.25) is 18.1 Å². The monoisotopic (exact) mass is 452 g/mol. The van der Waals surface area contributed by atoms with E-state index in [1.54, 1.807) is 19.1 Å². The number of rotatable bonds is 5. The van der Waals surface area contributed by atoms with Gasteiger partial charge < -0.3 is 4.43 Å². The highest BCUT2D eigenvalue weighted by molar-refractivity contribution is 7.89. The molecule has 1 aromatic carbocycles. The van der Waals surface area contributed by atoms with E-state index in [2.05, 4.69) is 0 Å². The van der Waals surface area contributed by atoms with Crippen molar-refractivity contribution in [2.75, 3.05) is 0 Å². The predicted molar refractivity (Wildman–Crippen MR) is 115 cm³/mol. The first-order valence-corrected chi connectivity index (χ1v) is 14.2. The van der Waals surface area contributed by atoms with Gasteiger partial charge in [0.1, 0.15) is 6.10 Å². The van der Waals surface area contributed by atoms with Crippen LogP contribution in [-0.4, -0.2) is 49.4 Å². The molecule has 2 aliphatic rings. The van der Waals surface area contributed by atoms with Crippen molar-refractivity contribution in [3.63, 3.8) is 0 Å². The Bertz CT molecular complexity index is 1030. The molecule has 3 unspecified atom stereocenters. The van der Waals surface area contributed by atoms with E-state index in [0.717, 1.165) is 0 Å². The Labute approximate surface area is 178 Å². The number of benzene rings is 1. The number of ketones is 1. The fourth-order valence-electron chi connectivity index (χ4n) is 3.83. The summed E-state index contributed by atoms with van der Waals surface area (Å²) >= 11 is 0. The number of hydrogen-bond donors (Lipinski definition) is 0. The van der Waals surface area contributed by atoms with Gasteiger partial charge in [-0.2, -0.15) is 4.31 Å². The Balaban J connectivity index is 2.10. The van der Waals surface area contributed by atoms with Gasteiger partial charge in [0, 0.05) is 12.5 Å². The Hall–Kier alpha value is -1.88. The summed E-state index contributed by atoms with van der Waals surface area (Å²) in [6, 6.07) is 4.59. The molecule has 0 radical (unpaired) electrons. The number of nitro groups is 1. The maximum atomic E-state index is 13.6. The molecule has 2 heterocycles. The van der Waals surface area contributed by atoms with Gasteiger partial charge in [0.05, 0.1) is 16.5 Å². The third-order valence-corrected chi connectivity index (χ3v) is 13.0. The molecule has 0 N–H and O–H groups in total. The fourth-order valence-corrected chi connectivity index (χ4v) is 7.19. The molecule has 0 aliphatic carbocycles. The number of sulfonamides is 1. The number of nitro benzene ring substituents is 1. The number of hydrogen-bond acceptors (Lipinski definition) is 6. The van der Waals surface area contributed by atoms with Crippen LogP contribution in [-0.2, 0) is 19.2 Å². The van der Waals surface area contributed by atoms with Gasteiger partial charge in [0.25, 0.3) is 15.7 Å². The Kier molecular flexibility index (Phi) is 5.38. The lowest BCUT2D eigenvalue weighted by Gasteiger charge is -2.49. The van der Waals surface area contributed by atoms with Crippen LogP contribution < -0.4 is 0 Å². The fraction of sp³-hybridized carbons (Fsp3) is 0.550. The van der Waals surface area contributed by atoms with Crippen LogP contribution >= 0.6 is 0 Å². The van der Waals surface area contributed by atoms with E-state index in [0.29, 0.717) is 0 Å². The summed E-state index contributed by atoms with van der Waals surface area (Å²) in [5.41, 5.74) is -1.74. The van der Waals surface area contributed by atoms with Crippen LogP contribution in [0.3, 0.4) is 0 Å². The average Bonchev–Trinajstić information content (AvgIpc) is 2.90. The molecule has 2 aliphatic heterocycles. The van der Waals surface area contributed by atoms with Crippen molar-refractivity contribution in [3.8, 4) is 0 Å². The highest BCUT2D eigenvalue weighted by Gasteiger charge is 2.60. The van der Waals surface area contributed by atoms with Gasteiger partial charge in [-0.15, -0.1) is 0 Å². The molecule has 1 saturated heterocycles. The van der Waals surface area contributed by atoms with Crippen molar-refractivity contribution in [2.24, 2.45) is 0 Å². The third-order valence-electron chi connectivity index (χ3n) is 6.48. The second-order valence-electron chi connectivity index (χ2n) is 9.61. The van der Waals surface area contributed by atoms with Crippen molar-refractivity contribution in [3.05, 3.63) is 46.5 Å². The molecule has 0 saturated carbocycles. The van der Waals surface area contributed by atoms with Crippen molar-refractivity contribution < 1.29 is 22.6 Å². The number of nitrogens with zero attached hydrogens (tertiary/aromatic N) is 2. The van der Waals surface area contributed by atoms with E-state index < -0.39 is 46.6 Å². The molecule has 3 atom stereocenters. The Morgan fingerprint density at radius 3 is 2.43 bits per heavy atom. The summed E-state index contributed by atoms with van der Waals surface area (Å²) in [7, 11) is -6.67. The number of piperidine rings is 1. The summed E-state index contributed by atoms with van der Waals surface area (Å²) < 4.78 is 34.9. The number of Topliss-reactive ketones (excluding diaryl/α,β-unsaturated/α-hetero) is 1. The standard InChI is InChI=1S/C20H28N2O6SSi/c1-19(2,3)30(5,6)28-18-16(23)13-14-11-12-20(18,4)21(14)29(26,27)17-10-8-7-9-15(17)22(24)25/h7-12,14,18H,13H2,1-6H3. The molecule has 164 valence electrons. The maximum absolute atomic E-state index is 13.6. The van der Waals surface area contributed by atoms with Gasteiger partial charge in [0.15, 0.2) is 19.0 Å². The molecule has 0 amide bonds. The van der Waals surface area contributed by atoms with Gasteiger partial charge in [-0.1, -0.05) is 45.1 Å². The van der Waals surface area contributed by atoms with Crippen LogP contribution in [0.5, 0.6) is 0 Å². The summed E-state index contributed by atoms with van der Waals surface area (Å²) in [6.45, 7) is 11.8.